The van der Waals surface area contributed by atoms with Crippen LogP contribution in [0.2, 0.25) is 0 Å². The molecule has 0 N–H and O–H groups in total. The average molecular weight is 338 g/mol. The highest BCUT2D eigenvalue weighted by Gasteiger charge is 2.23. The zero-order chi connectivity index (χ0) is 17.9. The molecule has 0 fully saturated rings. The minimum Gasteiger partial charge on any atom is -0.440 e. The smallest absolute Gasteiger partial charge is 0.332 e. The fraction of sp³-hybridized carbons (Fsp3) is 0.176. The van der Waals surface area contributed by atoms with Crippen LogP contribution in [-0.4, -0.2) is 18.7 Å². The lowest BCUT2D eigenvalue weighted by molar-refractivity contribution is 0.562. The van der Waals surface area contributed by atoms with Gasteiger partial charge in [0.25, 0.3) is 11.1 Å². The van der Waals surface area contributed by atoms with Crippen LogP contribution in [-0.2, 0) is 14.1 Å². The highest BCUT2D eigenvalue weighted by Crippen LogP contribution is 2.22. The molecule has 1 aromatic carbocycles. The van der Waals surface area contributed by atoms with Crippen LogP contribution in [0, 0.1) is 6.92 Å². The number of fused-ring (bicyclic) bond motifs is 3. The van der Waals surface area contributed by atoms with Gasteiger partial charge in [0.05, 0.1) is 5.69 Å². The molecule has 126 valence electrons. The van der Waals surface area contributed by atoms with Gasteiger partial charge >= 0.3 is 5.69 Å². The number of hydrogen-bond donors (Lipinski definition) is 0. The molecule has 0 saturated carbocycles. The number of oxazole rings is 1. The number of rotatable bonds is 1. The van der Waals surface area contributed by atoms with Crippen LogP contribution in [0.4, 0.5) is 0 Å². The Morgan fingerprint density at radius 3 is 2.32 bits per heavy atom. The van der Waals surface area contributed by atoms with Crippen molar-refractivity contribution < 1.29 is 4.42 Å². The fourth-order valence-corrected chi connectivity index (χ4v) is 3.05. The molecule has 8 nitrogen and oxygen atoms in total. The van der Waals surface area contributed by atoms with Crippen molar-refractivity contribution in [3.63, 3.8) is 0 Å². The molecule has 0 amide bonds. The topological polar surface area (TPSA) is 92.0 Å². The molecule has 3 aromatic heterocycles. The van der Waals surface area contributed by atoms with Gasteiger partial charge < -0.3 is 4.42 Å². The molecule has 0 atom stereocenters. The molecular formula is C17H14N4O4. The van der Waals surface area contributed by atoms with Gasteiger partial charge in [0, 0.05) is 21.0 Å². The third-order valence-corrected chi connectivity index (χ3v) is 4.23. The first kappa shape index (κ1) is 15.1. The van der Waals surface area contributed by atoms with E-state index < -0.39 is 16.8 Å². The Balaban J connectivity index is 2.45. The molecule has 3 heterocycles. The van der Waals surface area contributed by atoms with Gasteiger partial charge in [-0.25, -0.2) is 9.78 Å². The molecule has 4 rings (SSSR count). The highest BCUT2D eigenvalue weighted by molar-refractivity contribution is 5.99. The van der Waals surface area contributed by atoms with Gasteiger partial charge in [-0.3, -0.25) is 23.3 Å². The van der Waals surface area contributed by atoms with Crippen LogP contribution >= 0.6 is 0 Å². The van der Waals surface area contributed by atoms with E-state index in [9.17, 15) is 14.4 Å². The first-order valence-corrected chi connectivity index (χ1v) is 7.59. The third kappa shape index (κ3) is 1.94. The predicted octanol–water partition coefficient (Wildman–Crippen LogP) is 0.838. The molecule has 0 aliphatic rings. The molecule has 25 heavy (non-hydrogen) atoms. The summed E-state index contributed by atoms with van der Waals surface area (Å²) in [4.78, 5) is 42.3. The van der Waals surface area contributed by atoms with Gasteiger partial charge in [-0.05, 0) is 12.1 Å². The summed E-state index contributed by atoms with van der Waals surface area (Å²) in [6.45, 7) is 1.60. The van der Waals surface area contributed by atoms with Crippen molar-refractivity contribution in [2.45, 2.75) is 6.92 Å². The average Bonchev–Trinajstić information content (AvgIpc) is 3.00. The van der Waals surface area contributed by atoms with Crippen molar-refractivity contribution in [1.82, 2.24) is 18.7 Å². The molecule has 8 heteroatoms. The highest BCUT2D eigenvalue weighted by atomic mass is 16.3. The van der Waals surface area contributed by atoms with E-state index in [1.54, 1.807) is 31.2 Å². The lowest BCUT2D eigenvalue weighted by atomic mass is 10.2. The Morgan fingerprint density at radius 2 is 1.64 bits per heavy atom. The standard InChI is InChI=1S/C17H14N4O4/c1-9-18-12-13(25-9)11-14(19(2)17(24)20(3)15(11)22)21(16(12)23)10-7-5-4-6-8-10/h4-8H,1-3H3. The lowest BCUT2D eigenvalue weighted by Crippen LogP contribution is -2.39. The van der Waals surface area contributed by atoms with Crippen molar-refractivity contribution in [3.8, 4) is 5.69 Å². The van der Waals surface area contributed by atoms with E-state index in [1.807, 2.05) is 6.07 Å². The van der Waals surface area contributed by atoms with Gasteiger partial charge in [0.1, 0.15) is 11.0 Å². The van der Waals surface area contributed by atoms with Crippen molar-refractivity contribution in [1.29, 1.82) is 0 Å². The third-order valence-electron chi connectivity index (χ3n) is 4.23. The minimum atomic E-state index is -0.538. The van der Waals surface area contributed by atoms with E-state index in [-0.39, 0.29) is 28.0 Å². The van der Waals surface area contributed by atoms with E-state index in [2.05, 4.69) is 4.98 Å². The zero-order valence-electron chi connectivity index (χ0n) is 13.8. The minimum absolute atomic E-state index is 0.0598. The predicted molar refractivity (Wildman–Crippen MR) is 92.3 cm³/mol. The Hall–Kier alpha value is -3.42. The molecule has 4 aromatic rings. The molecule has 0 spiro atoms. The Labute approximate surface area is 140 Å². The molecule has 0 bridgehead atoms. The second kappa shape index (κ2) is 5.04. The first-order chi connectivity index (χ1) is 11.9. The van der Waals surface area contributed by atoms with Crippen molar-refractivity contribution >= 4 is 22.1 Å². The normalized spacial score (nSPS) is 11.5. The van der Waals surface area contributed by atoms with Crippen molar-refractivity contribution in [2.75, 3.05) is 0 Å². The summed E-state index contributed by atoms with van der Waals surface area (Å²) in [5.74, 6) is 0.273. The molecule has 0 unspecified atom stereocenters. The molecule has 0 radical (unpaired) electrons. The maximum atomic E-state index is 13.0. The summed E-state index contributed by atoms with van der Waals surface area (Å²) < 4.78 is 9.10. The Kier molecular flexibility index (Phi) is 3.05. The number of pyridine rings is 1. The Bertz CT molecular complexity index is 1320. The largest absolute Gasteiger partial charge is 0.440 e. The van der Waals surface area contributed by atoms with E-state index in [0.717, 1.165) is 4.57 Å². The number of nitrogens with zero attached hydrogens (tertiary/aromatic N) is 4. The van der Waals surface area contributed by atoms with Crippen molar-refractivity contribution in [2.24, 2.45) is 14.1 Å². The van der Waals surface area contributed by atoms with Crippen LogP contribution in [0.25, 0.3) is 27.8 Å². The maximum Gasteiger partial charge on any atom is 0.332 e. The van der Waals surface area contributed by atoms with Crippen LogP contribution in [0.3, 0.4) is 0 Å². The van der Waals surface area contributed by atoms with Crippen molar-refractivity contribution in [3.05, 3.63) is 67.4 Å². The van der Waals surface area contributed by atoms with Crippen LogP contribution in [0.1, 0.15) is 5.89 Å². The maximum absolute atomic E-state index is 13.0. The summed E-state index contributed by atoms with van der Waals surface area (Å²) in [5, 5.41) is 0.142. The number of para-hydroxylation sites is 1. The molecule has 0 saturated heterocycles. The summed E-state index contributed by atoms with van der Waals surface area (Å²) >= 11 is 0. The summed E-state index contributed by atoms with van der Waals surface area (Å²) in [5.41, 5.74) is -0.656. The van der Waals surface area contributed by atoms with Gasteiger partial charge in [-0.2, -0.15) is 0 Å². The summed E-state index contributed by atoms with van der Waals surface area (Å²) in [6.07, 6.45) is 0. The number of aromatic nitrogens is 4. The van der Waals surface area contributed by atoms with E-state index in [1.165, 1.54) is 23.2 Å². The molecule has 0 aliphatic heterocycles. The fourth-order valence-electron chi connectivity index (χ4n) is 3.05. The van der Waals surface area contributed by atoms with Gasteiger partial charge in [0.2, 0.25) is 0 Å². The molecular weight excluding hydrogens is 324 g/mol. The van der Waals surface area contributed by atoms with Gasteiger partial charge in [-0.1, -0.05) is 18.2 Å². The monoisotopic (exact) mass is 338 g/mol. The van der Waals surface area contributed by atoms with E-state index in [4.69, 9.17) is 4.42 Å². The quantitative estimate of drug-likeness (QED) is 0.513. The summed E-state index contributed by atoms with van der Waals surface area (Å²) in [6, 6.07) is 8.80. The number of benzene rings is 1. The van der Waals surface area contributed by atoms with Gasteiger partial charge in [-0.15, -0.1) is 0 Å². The summed E-state index contributed by atoms with van der Waals surface area (Å²) in [7, 11) is 2.90. The zero-order valence-corrected chi connectivity index (χ0v) is 13.8. The van der Waals surface area contributed by atoms with Crippen LogP contribution in [0.5, 0.6) is 0 Å². The van der Waals surface area contributed by atoms with Gasteiger partial charge in [0.15, 0.2) is 17.0 Å². The SMILES string of the molecule is Cc1nc2c(=O)n(-c3ccccc3)c3c(c(=O)n(C)c(=O)n3C)c2o1. The Morgan fingerprint density at radius 1 is 0.960 bits per heavy atom. The second-order valence-corrected chi connectivity index (χ2v) is 5.79. The lowest BCUT2D eigenvalue weighted by Gasteiger charge is -2.14. The molecule has 0 aliphatic carbocycles. The number of aryl methyl sites for hydroxylation is 2. The van der Waals surface area contributed by atoms with E-state index >= 15 is 0 Å². The first-order valence-electron chi connectivity index (χ1n) is 7.59. The van der Waals surface area contributed by atoms with Crippen LogP contribution < -0.4 is 16.8 Å². The van der Waals surface area contributed by atoms with Crippen LogP contribution in [0.15, 0.2) is 49.1 Å². The second-order valence-electron chi connectivity index (χ2n) is 5.79. The van der Waals surface area contributed by atoms with E-state index in [0.29, 0.717) is 5.69 Å². The number of hydrogen-bond acceptors (Lipinski definition) is 5.